The largest absolute Gasteiger partial charge is 0.327 e. The molecule has 5 rings (SSSR count). The van der Waals surface area contributed by atoms with Crippen molar-refractivity contribution in [3.63, 3.8) is 0 Å². The minimum absolute atomic E-state index is 0.0338. The first kappa shape index (κ1) is 17.9. The average Bonchev–Trinajstić information content (AvgIpc) is 3.45. The molecule has 2 aromatic carbocycles. The van der Waals surface area contributed by atoms with Crippen LogP contribution in [0.1, 0.15) is 38.0 Å². The summed E-state index contributed by atoms with van der Waals surface area (Å²) in [5.74, 6) is 0.0815. The summed E-state index contributed by atoms with van der Waals surface area (Å²) in [4.78, 5) is 17.0. The Hall–Kier alpha value is -3.18. The maximum atomic E-state index is 13.6. The van der Waals surface area contributed by atoms with Gasteiger partial charge in [0.25, 0.3) is 5.91 Å². The van der Waals surface area contributed by atoms with Gasteiger partial charge in [-0.25, -0.2) is 0 Å². The van der Waals surface area contributed by atoms with E-state index < -0.39 is 0 Å². The molecular weight excluding hydrogens is 378 g/mol. The molecule has 0 radical (unpaired) electrons. The number of carbonyl (C=O) groups excluding carboxylic acids is 1. The highest BCUT2D eigenvalue weighted by atomic mass is 32.1. The summed E-state index contributed by atoms with van der Waals surface area (Å²) in [5.41, 5.74) is 4.22. The van der Waals surface area contributed by atoms with Gasteiger partial charge in [0.1, 0.15) is 0 Å². The second-order valence-corrected chi connectivity index (χ2v) is 8.27. The first-order valence-electron chi connectivity index (χ1n) is 9.78. The van der Waals surface area contributed by atoms with E-state index in [1.54, 1.807) is 17.5 Å². The molecule has 0 fully saturated rings. The van der Waals surface area contributed by atoms with Crippen molar-refractivity contribution in [2.45, 2.75) is 19.0 Å². The molecule has 0 N–H and O–H groups in total. The van der Waals surface area contributed by atoms with E-state index in [0.717, 1.165) is 29.7 Å². The first-order valence-corrected chi connectivity index (χ1v) is 10.7. The maximum absolute atomic E-state index is 13.6. The van der Waals surface area contributed by atoms with Crippen molar-refractivity contribution in [3.8, 4) is 0 Å². The quantitative estimate of drug-likeness (QED) is 0.495. The molecule has 3 heterocycles. The number of hydrogen-bond acceptors (Lipinski definition) is 3. The van der Waals surface area contributed by atoms with Gasteiger partial charge in [-0.05, 0) is 52.8 Å². The van der Waals surface area contributed by atoms with Crippen LogP contribution in [0.3, 0.4) is 0 Å². The monoisotopic (exact) mass is 399 g/mol. The Morgan fingerprint density at radius 2 is 1.97 bits per heavy atom. The zero-order chi connectivity index (χ0) is 19.6. The second kappa shape index (κ2) is 7.68. The molecule has 1 amide bonds. The highest BCUT2D eigenvalue weighted by Gasteiger charge is 2.33. The van der Waals surface area contributed by atoms with Crippen LogP contribution in [0, 0.1) is 0 Å². The van der Waals surface area contributed by atoms with E-state index in [-0.39, 0.29) is 11.9 Å². The third-order valence-electron chi connectivity index (χ3n) is 5.42. The van der Waals surface area contributed by atoms with Gasteiger partial charge in [-0.2, -0.15) is 5.10 Å². The van der Waals surface area contributed by atoms with Crippen molar-refractivity contribution in [2.75, 3.05) is 6.54 Å². The van der Waals surface area contributed by atoms with E-state index in [1.807, 2.05) is 64.3 Å². The molecule has 1 aliphatic rings. The molecule has 4 nitrogen and oxygen atoms in total. The van der Waals surface area contributed by atoms with E-state index in [9.17, 15) is 4.79 Å². The predicted octanol–water partition coefficient (Wildman–Crippen LogP) is 4.78. The van der Waals surface area contributed by atoms with Crippen LogP contribution in [0.15, 0.2) is 84.5 Å². The van der Waals surface area contributed by atoms with Gasteiger partial charge in [-0.3, -0.25) is 9.48 Å². The number of fused-ring (bicyclic) bond motifs is 1. The number of nitrogens with zero attached hydrogens (tertiary/aromatic N) is 3. The summed E-state index contributed by atoms with van der Waals surface area (Å²) < 4.78 is 1.87. The number of thiophene rings is 1. The lowest BCUT2D eigenvalue weighted by atomic mass is 9.92. The Balaban J connectivity index is 1.48. The normalized spacial score (nSPS) is 15.9. The number of rotatable bonds is 4. The molecule has 1 atom stereocenters. The van der Waals surface area contributed by atoms with Crippen LogP contribution < -0.4 is 0 Å². The van der Waals surface area contributed by atoms with Gasteiger partial charge in [0.2, 0.25) is 0 Å². The van der Waals surface area contributed by atoms with E-state index in [4.69, 9.17) is 0 Å². The lowest BCUT2D eigenvalue weighted by molar-refractivity contribution is 0.0696. The molecule has 0 bridgehead atoms. The zero-order valence-electron chi connectivity index (χ0n) is 15.9. The van der Waals surface area contributed by atoms with E-state index in [2.05, 4.69) is 28.7 Å². The molecule has 0 saturated heterocycles. The third kappa shape index (κ3) is 3.49. The van der Waals surface area contributed by atoms with Crippen LogP contribution in [0.2, 0.25) is 0 Å². The summed E-state index contributed by atoms with van der Waals surface area (Å²) in [6.07, 6.45) is 4.61. The van der Waals surface area contributed by atoms with Gasteiger partial charge in [-0.1, -0.05) is 42.5 Å². The van der Waals surface area contributed by atoms with Crippen LogP contribution in [-0.4, -0.2) is 27.1 Å². The smallest absolute Gasteiger partial charge is 0.254 e. The van der Waals surface area contributed by atoms with Crippen LogP contribution in [0.5, 0.6) is 0 Å². The van der Waals surface area contributed by atoms with Gasteiger partial charge in [0.15, 0.2) is 0 Å². The summed E-state index contributed by atoms with van der Waals surface area (Å²) >= 11 is 1.79. The van der Waals surface area contributed by atoms with Crippen molar-refractivity contribution in [1.29, 1.82) is 0 Å². The minimum atomic E-state index is -0.0338. The lowest BCUT2D eigenvalue weighted by Gasteiger charge is -2.36. The Labute approximate surface area is 174 Å². The summed E-state index contributed by atoms with van der Waals surface area (Å²) in [7, 11) is 0. The Morgan fingerprint density at radius 3 is 2.79 bits per heavy atom. The fraction of sp³-hybridized carbons (Fsp3) is 0.167. The van der Waals surface area contributed by atoms with Crippen LogP contribution in [0.25, 0.3) is 0 Å². The van der Waals surface area contributed by atoms with Crippen molar-refractivity contribution in [1.82, 2.24) is 14.7 Å². The van der Waals surface area contributed by atoms with Crippen molar-refractivity contribution < 1.29 is 4.79 Å². The highest BCUT2D eigenvalue weighted by Crippen LogP contribution is 2.38. The van der Waals surface area contributed by atoms with Gasteiger partial charge in [-0.15, -0.1) is 11.3 Å². The van der Waals surface area contributed by atoms with Crippen LogP contribution in [-0.2, 0) is 13.0 Å². The second-order valence-electron chi connectivity index (χ2n) is 7.26. The number of aromatic nitrogens is 2. The number of hydrogen-bond donors (Lipinski definition) is 0. The minimum Gasteiger partial charge on any atom is -0.327 e. The van der Waals surface area contributed by atoms with Gasteiger partial charge >= 0.3 is 0 Å². The maximum Gasteiger partial charge on any atom is 0.254 e. The molecule has 0 aliphatic carbocycles. The van der Waals surface area contributed by atoms with Gasteiger partial charge in [0.05, 0.1) is 12.6 Å². The number of carbonyl (C=O) groups is 1. The Kier molecular flexibility index (Phi) is 4.74. The predicted molar refractivity (Wildman–Crippen MR) is 115 cm³/mol. The van der Waals surface area contributed by atoms with Crippen LogP contribution >= 0.6 is 11.3 Å². The molecule has 2 aromatic heterocycles. The molecular formula is C24H21N3OS. The van der Waals surface area contributed by atoms with Crippen molar-refractivity contribution >= 4 is 17.2 Å². The third-order valence-corrected chi connectivity index (χ3v) is 6.42. The Morgan fingerprint density at radius 1 is 1.07 bits per heavy atom. The molecule has 29 heavy (non-hydrogen) atoms. The standard InChI is InChI=1S/C24H21N3OS/c28-24(20-9-4-6-18(16-20)17-26-13-5-12-25-26)27-14-10-22-21(11-15-29-22)23(27)19-7-2-1-3-8-19/h1-9,11-13,15-16,23H,10,14,17H2/t23-/m1/s1. The molecule has 4 aromatic rings. The van der Waals surface area contributed by atoms with Gasteiger partial charge < -0.3 is 4.90 Å². The summed E-state index contributed by atoms with van der Waals surface area (Å²) in [6.45, 7) is 1.39. The molecule has 144 valence electrons. The molecule has 1 aliphatic heterocycles. The molecule has 0 saturated carbocycles. The summed E-state index contributed by atoms with van der Waals surface area (Å²) in [5, 5.41) is 6.41. The lowest BCUT2D eigenvalue weighted by Crippen LogP contribution is -2.40. The van der Waals surface area contributed by atoms with Crippen LogP contribution in [0.4, 0.5) is 0 Å². The topological polar surface area (TPSA) is 38.1 Å². The Bertz CT molecular complexity index is 1120. The first-order chi connectivity index (χ1) is 14.3. The fourth-order valence-corrected chi connectivity index (χ4v) is 4.98. The number of amides is 1. The SMILES string of the molecule is O=C(c1cccc(Cn2cccn2)c1)N1CCc2sccc2[C@H]1c1ccccc1. The molecule has 0 spiro atoms. The van der Waals surface area contributed by atoms with E-state index >= 15 is 0 Å². The summed E-state index contributed by atoms with van der Waals surface area (Å²) in [6, 6.07) is 22.3. The van der Waals surface area contributed by atoms with Crippen molar-refractivity contribution in [3.05, 3.63) is 112 Å². The van der Waals surface area contributed by atoms with E-state index in [1.165, 1.54) is 10.4 Å². The zero-order valence-corrected chi connectivity index (χ0v) is 16.8. The van der Waals surface area contributed by atoms with E-state index in [0.29, 0.717) is 6.54 Å². The molecule has 5 heteroatoms. The highest BCUT2D eigenvalue weighted by molar-refractivity contribution is 7.10. The van der Waals surface area contributed by atoms with Crippen molar-refractivity contribution in [2.24, 2.45) is 0 Å². The number of benzene rings is 2. The van der Waals surface area contributed by atoms with Gasteiger partial charge in [0, 0.05) is 29.4 Å². The molecule has 0 unspecified atom stereocenters. The average molecular weight is 400 g/mol. The fourth-order valence-electron chi connectivity index (χ4n) is 4.08.